The summed E-state index contributed by atoms with van der Waals surface area (Å²) in [6, 6.07) is 1.65. The minimum atomic E-state index is -0.00306. The Balaban J connectivity index is 1.98. The second kappa shape index (κ2) is 7.92. The van der Waals surface area contributed by atoms with E-state index in [2.05, 4.69) is 18.7 Å². The molecule has 21 heavy (non-hydrogen) atoms. The third-order valence-corrected chi connectivity index (χ3v) is 6.30. The molecule has 2 aliphatic carbocycles. The molecule has 0 aromatic heterocycles. The summed E-state index contributed by atoms with van der Waals surface area (Å²) < 4.78 is 0. The molecule has 0 unspecified atom stereocenters. The number of hydrogen-bond acceptors (Lipinski definition) is 2. The van der Waals surface area contributed by atoms with E-state index >= 15 is 0 Å². The van der Waals surface area contributed by atoms with Crippen molar-refractivity contribution in [3.05, 3.63) is 0 Å². The quantitative estimate of drug-likeness (QED) is 0.724. The predicted molar refractivity (Wildman–Crippen MR) is 95.6 cm³/mol. The Morgan fingerprint density at radius 3 is 1.76 bits per heavy atom. The van der Waals surface area contributed by atoms with Crippen LogP contribution in [-0.2, 0) is 0 Å². The molecular weight excluding hydrogens is 276 g/mol. The molecule has 2 rings (SSSR count). The zero-order valence-corrected chi connectivity index (χ0v) is 14.9. The van der Waals surface area contributed by atoms with Crippen molar-refractivity contribution in [2.24, 2.45) is 11.1 Å². The lowest BCUT2D eigenvalue weighted by Crippen LogP contribution is -2.47. The Morgan fingerprint density at radius 1 is 0.952 bits per heavy atom. The molecule has 0 heterocycles. The van der Waals surface area contributed by atoms with Gasteiger partial charge < -0.3 is 5.73 Å². The van der Waals surface area contributed by atoms with E-state index in [-0.39, 0.29) is 5.41 Å². The van der Waals surface area contributed by atoms with E-state index in [0.29, 0.717) is 4.99 Å². The lowest BCUT2D eigenvalue weighted by atomic mass is 9.85. The van der Waals surface area contributed by atoms with Gasteiger partial charge in [-0.25, -0.2) is 0 Å². The van der Waals surface area contributed by atoms with Gasteiger partial charge in [-0.1, -0.05) is 64.6 Å². The molecule has 2 N–H and O–H groups in total. The Labute approximate surface area is 136 Å². The molecule has 0 amide bonds. The van der Waals surface area contributed by atoms with E-state index in [9.17, 15) is 0 Å². The van der Waals surface area contributed by atoms with E-state index in [1.807, 2.05) is 0 Å². The van der Waals surface area contributed by atoms with E-state index in [4.69, 9.17) is 18.0 Å². The fourth-order valence-electron chi connectivity index (χ4n) is 4.02. The van der Waals surface area contributed by atoms with Crippen molar-refractivity contribution in [2.75, 3.05) is 6.54 Å². The number of nitrogens with two attached hydrogens (primary N) is 1. The average Bonchev–Trinajstić information content (AvgIpc) is 2.49. The maximum Gasteiger partial charge on any atom is 0.0784 e. The molecule has 0 atom stereocenters. The van der Waals surface area contributed by atoms with Crippen molar-refractivity contribution >= 4 is 17.2 Å². The molecule has 0 aromatic carbocycles. The van der Waals surface area contributed by atoms with Gasteiger partial charge in [-0.15, -0.1) is 0 Å². The molecule has 0 spiro atoms. The highest BCUT2D eigenvalue weighted by Gasteiger charge is 2.31. The highest BCUT2D eigenvalue weighted by Crippen LogP contribution is 2.32. The van der Waals surface area contributed by atoms with Crippen LogP contribution in [0.2, 0.25) is 0 Å². The number of rotatable bonds is 6. The molecule has 3 heteroatoms. The van der Waals surface area contributed by atoms with Crippen molar-refractivity contribution < 1.29 is 0 Å². The smallest absolute Gasteiger partial charge is 0.0784 e. The Hall–Kier alpha value is -0.150. The first-order valence-electron chi connectivity index (χ1n) is 9.06. The van der Waals surface area contributed by atoms with Crippen molar-refractivity contribution in [3.63, 3.8) is 0 Å². The highest BCUT2D eigenvalue weighted by molar-refractivity contribution is 7.80. The van der Waals surface area contributed by atoms with Gasteiger partial charge in [0, 0.05) is 17.5 Å². The van der Waals surface area contributed by atoms with Crippen LogP contribution in [0.15, 0.2) is 0 Å². The zero-order valence-electron chi connectivity index (χ0n) is 14.1. The molecule has 2 aliphatic rings. The van der Waals surface area contributed by atoms with Crippen molar-refractivity contribution in [1.29, 1.82) is 0 Å². The van der Waals surface area contributed by atoms with Gasteiger partial charge in [0.25, 0.3) is 0 Å². The molecule has 0 radical (unpaired) electrons. The summed E-state index contributed by atoms with van der Waals surface area (Å²) in [7, 11) is 0. The molecule has 2 saturated carbocycles. The van der Waals surface area contributed by atoms with Crippen LogP contribution in [0.25, 0.3) is 0 Å². The highest BCUT2D eigenvalue weighted by atomic mass is 32.1. The monoisotopic (exact) mass is 310 g/mol. The average molecular weight is 311 g/mol. The van der Waals surface area contributed by atoms with Crippen LogP contribution in [0, 0.1) is 5.41 Å². The maximum atomic E-state index is 5.93. The second-order valence-corrected chi connectivity index (χ2v) is 8.26. The van der Waals surface area contributed by atoms with Crippen molar-refractivity contribution in [3.8, 4) is 0 Å². The molecule has 0 saturated heterocycles. The van der Waals surface area contributed by atoms with E-state index in [1.165, 1.54) is 70.8 Å². The summed E-state index contributed by atoms with van der Waals surface area (Å²) in [5, 5.41) is 0. The summed E-state index contributed by atoms with van der Waals surface area (Å²) in [6.45, 7) is 5.59. The van der Waals surface area contributed by atoms with Gasteiger partial charge in [0.1, 0.15) is 0 Å². The molecular formula is C18H34N2S. The Kier molecular flexibility index (Phi) is 6.49. The van der Waals surface area contributed by atoms with Gasteiger partial charge in [0.15, 0.2) is 0 Å². The van der Waals surface area contributed by atoms with Gasteiger partial charge in [-0.2, -0.15) is 0 Å². The van der Waals surface area contributed by atoms with E-state index in [1.54, 1.807) is 0 Å². The summed E-state index contributed by atoms with van der Waals surface area (Å²) in [4.78, 5) is 3.54. The lowest BCUT2D eigenvalue weighted by molar-refractivity contribution is 0.0731. The van der Waals surface area contributed by atoms with Crippen LogP contribution in [0.5, 0.6) is 0 Å². The van der Waals surface area contributed by atoms with Crippen LogP contribution < -0.4 is 5.73 Å². The largest absolute Gasteiger partial charge is 0.393 e. The third-order valence-electron chi connectivity index (χ3n) is 5.75. The van der Waals surface area contributed by atoms with Crippen LogP contribution in [0.3, 0.4) is 0 Å². The number of hydrogen-bond donors (Lipinski definition) is 1. The van der Waals surface area contributed by atoms with E-state index in [0.717, 1.165) is 18.5 Å². The summed E-state index contributed by atoms with van der Waals surface area (Å²) >= 11 is 5.26. The molecule has 0 aromatic rings. The van der Waals surface area contributed by atoms with Crippen molar-refractivity contribution in [1.82, 2.24) is 4.90 Å². The molecule has 0 aliphatic heterocycles. The third kappa shape index (κ3) is 4.92. The Morgan fingerprint density at radius 2 is 1.38 bits per heavy atom. The van der Waals surface area contributed by atoms with Crippen LogP contribution in [-0.4, -0.2) is 28.5 Å². The zero-order chi connectivity index (χ0) is 15.3. The second-order valence-electron chi connectivity index (χ2n) is 7.82. The van der Waals surface area contributed by atoms with Gasteiger partial charge in [0.05, 0.1) is 4.99 Å². The fourth-order valence-corrected chi connectivity index (χ4v) is 4.12. The van der Waals surface area contributed by atoms with Gasteiger partial charge in [0.2, 0.25) is 0 Å². The van der Waals surface area contributed by atoms with E-state index < -0.39 is 0 Å². The fraction of sp³-hybridized carbons (Fsp3) is 0.944. The standard InChI is InChI=1S/C18H34N2S/c1-18(2,17(19)21)13-14-20(15-9-5-3-6-10-15)16-11-7-4-8-12-16/h15-16H,3-14H2,1-2H3,(H2,19,21). The summed E-state index contributed by atoms with van der Waals surface area (Å²) in [5.74, 6) is 0. The molecule has 2 nitrogen and oxygen atoms in total. The first-order valence-corrected chi connectivity index (χ1v) is 9.47. The normalized spacial score (nSPS) is 22.6. The van der Waals surface area contributed by atoms with Gasteiger partial charge >= 0.3 is 0 Å². The Bertz CT molecular complexity index is 310. The summed E-state index contributed by atoms with van der Waals surface area (Å²) in [6.07, 6.45) is 15.3. The maximum absolute atomic E-state index is 5.93. The first kappa shape index (κ1) is 17.2. The molecule has 0 bridgehead atoms. The van der Waals surface area contributed by atoms with Crippen molar-refractivity contribution in [2.45, 2.75) is 96.6 Å². The first-order chi connectivity index (χ1) is 10.0. The lowest BCUT2D eigenvalue weighted by Gasteiger charge is -2.43. The van der Waals surface area contributed by atoms with Crippen LogP contribution in [0.1, 0.15) is 84.5 Å². The molecule has 122 valence electrons. The molecule has 2 fully saturated rings. The van der Waals surface area contributed by atoms with Crippen LogP contribution in [0.4, 0.5) is 0 Å². The number of nitrogens with zero attached hydrogens (tertiary/aromatic N) is 1. The minimum Gasteiger partial charge on any atom is -0.393 e. The topological polar surface area (TPSA) is 29.3 Å². The van der Waals surface area contributed by atoms with Gasteiger partial charge in [-0.05, 0) is 38.6 Å². The predicted octanol–water partition coefficient (Wildman–Crippen LogP) is 4.66. The van der Waals surface area contributed by atoms with Gasteiger partial charge in [-0.3, -0.25) is 4.90 Å². The number of thiocarbonyl (C=S) groups is 1. The minimum absolute atomic E-state index is 0.00306. The summed E-state index contributed by atoms with van der Waals surface area (Å²) in [5.41, 5.74) is 5.92. The van der Waals surface area contributed by atoms with Crippen LogP contribution >= 0.6 is 12.2 Å². The SMILES string of the molecule is CC(C)(CCN(C1CCCCC1)C1CCCCC1)C(N)=S.